The molecule has 0 bridgehead atoms. The van der Waals surface area contributed by atoms with Gasteiger partial charge in [-0.05, 0) is 43.4 Å². The summed E-state index contributed by atoms with van der Waals surface area (Å²) in [4.78, 5) is 16.6. The number of hydrogen-bond donors (Lipinski definition) is 2. The topological polar surface area (TPSA) is 59.0 Å². The van der Waals surface area contributed by atoms with E-state index in [0.29, 0.717) is 12.0 Å². The minimum atomic E-state index is 0.0133. The minimum absolute atomic E-state index is 0.0133. The third kappa shape index (κ3) is 4.48. The van der Waals surface area contributed by atoms with Crippen molar-refractivity contribution in [1.82, 2.24) is 20.2 Å². The molecule has 134 valence electrons. The van der Waals surface area contributed by atoms with E-state index in [1.54, 1.807) is 0 Å². The number of carbonyl (C=O) groups excluding carboxylic acids is 1. The molecule has 3 rings (SSSR count). The summed E-state index contributed by atoms with van der Waals surface area (Å²) in [5.41, 5.74) is 1.90. The van der Waals surface area contributed by atoms with Gasteiger partial charge in [0.05, 0.1) is 0 Å². The Morgan fingerprint density at radius 3 is 3.00 bits per heavy atom. The fraction of sp³-hybridized carbons (Fsp3) is 0.500. The molecule has 1 aromatic carbocycles. The molecule has 0 aliphatic heterocycles. The van der Waals surface area contributed by atoms with Gasteiger partial charge in [-0.3, -0.25) is 4.79 Å². The third-order valence-electron chi connectivity index (χ3n) is 4.98. The van der Waals surface area contributed by atoms with Gasteiger partial charge in [0.2, 0.25) is 0 Å². The first-order valence-corrected chi connectivity index (χ1v) is 9.25. The number of nitrogens with one attached hydrogen (secondary N) is 2. The predicted molar refractivity (Wildman–Crippen MR) is 99.5 cm³/mol. The van der Waals surface area contributed by atoms with Crippen LogP contribution in [0, 0.1) is 0 Å². The van der Waals surface area contributed by atoms with Gasteiger partial charge in [-0.2, -0.15) is 0 Å². The van der Waals surface area contributed by atoms with Gasteiger partial charge in [-0.25, -0.2) is 4.98 Å². The van der Waals surface area contributed by atoms with E-state index in [2.05, 4.69) is 40.2 Å². The second-order valence-corrected chi connectivity index (χ2v) is 6.94. The highest BCUT2D eigenvalue weighted by Crippen LogP contribution is 2.33. The van der Waals surface area contributed by atoms with Gasteiger partial charge in [-0.1, -0.05) is 19.1 Å². The van der Waals surface area contributed by atoms with Gasteiger partial charge in [0.1, 0.15) is 5.82 Å². The Bertz CT molecular complexity index is 709. The standard InChI is InChI=1S/C20H28N4O/c1-3-9-22-20(25)17-6-4-5-15(12-17)14-23-18-8-7-16(13-18)19-21-10-11-24(19)2/h4-6,10-12,16,18,23H,3,7-9,13-14H2,1-2H3,(H,22,25)/t16-,18+/m1/s1. The molecule has 1 aliphatic rings. The average Bonchev–Trinajstić information content (AvgIpc) is 3.26. The highest BCUT2D eigenvalue weighted by atomic mass is 16.1. The summed E-state index contributed by atoms with van der Waals surface area (Å²) in [6.45, 7) is 3.57. The Hall–Kier alpha value is -2.14. The molecule has 1 saturated carbocycles. The van der Waals surface area contributed by atoms with Crippen LogP contribution in [0.15, 0.2) is 36.7 Å². The van der Waals surface area contributed by atoms with Crippen LogP contribution in [-0.2, 0) is 13.6 Å². The molecular formula is C20H28N4O. The van der Waals surface area contributed by atoms with E-state index in [0.717, 1.165) is 37.1 Å². The lowest BCUT2D eigenvalue weighted by atomic mass is 10.1. The summed E-state index contributed by atoms with van der Waals surface area (Å²) in [5.74, 6) is 1.75. The van der Waals surface area contributed by atoms with Crippen molar-refractivity contribution in [2.75, 3.05) is 6.54 Å². The quantitative estimate of drug-likeness (QED) is 0.815. The fourth-order valence-corrected chi connectivity index (χ4v) is 3.60. The third-order valence-corrected chi connectivity index (χ3v) is 4.98. The summed E-state index contributed by atoms with van der Waals surface area (Å²) in [5, 5.41) is 6.58. The van der Waals surface area contributed by atoms with Crippen molar-refractivity contribution < 1.29 is 4.79 Å². The molecular weight excluding hydrogens is 312 g/mol. The summed E-state index contributed by atoms with van der Waals surface area (Å²) in [7, 11) is 2.07. The summed E-state index contributed by atoms with van der Waals surface area (Å²) in [6, 6.07) is 8.42. The molecule has 1 aromatic heterocycles. The highest BCUT2D eigenvalue weighted by Gasteiger charge is 2.27. The van der Waals surface area contributed by atoms with Crippen molar-refractivity contribution in [3.05, 3.63) is 53.6 Å². The lowest BCUT2D eigenvalue weighted by Crippen LogP contribution is -2.27. The van der Waals surface area contributed by atoms with Gasteiger partial charge < -0.3 is 15.2 Å². The first-order valence-electron chi connectivity index (χ1n) is 9.25. The second-order valence-electron chi connectivity index (χ2n) is 6.94. The first-order chi connectivity index (χ1) is 12.2. The number of nitrogens with zero attached hydrogens (tertiary/aromatic N) is 2. The lowest BCUT2D eigenvalue weighted by molar-refractivity contribution is 0.0953. The van der Waals surface area contributed by atoms with Crippen molar-refractivity contribution >= 4 is 5.91 Å². The molecule has 0 saturated heterocycles. The molecule has 25 heavy (non-hydrogen) atoms. The molecule has 2 N–H and O–H groups in total. The molecule has 1 heterocycles. The molecule has 0 unspecified atom stereocenters. The second kappa shape index (κ2) is 8.30. The van der Waals surface area contributed by atoms with E-state index in [-0.39, 0.29) is 5.91 Å². The zero-order valence-corrected chi connectivity index (χ0v) is 15.2. The zero-order chi connectivity index (χ0) is 17.6. The van der Waals surface area contributed by atoms with Crippen molar-refractivity contribution in [3.8, 4) is 0 Å². The van der Waals surface area contributed by atoms with Crippen molar-refractivity contribution in [2.24, 2.45) is 7.05 Å². The minimum Gasteiger partial charge on any atom is -0.352 e. The molecule has 2 aromatic rings. The molecule has 1 fully saturated rings. The smallest absolute Gasteiger partial charge is 0.251 e. The van der Waals surface area contributed by atoms with E-state index >= 15 is 0 Å². The maximum atomic E-state index is 12.1. The van der Waals surface area contributed by atoms with Gasteiger partial charge in [0, 0.05) is 50.1 Å². The van der Waals surface area contributed by atoms with Gasteiger partial charge >= 0.3 is 0 Å². The summed E-state index contributed by atoms with van der Waals surface area (Å²) in [6.07, 6.45) is 8.33. The molecule has 1 amide bonds. The Morgan fingerprint density at radius 1 is 1.36 bits per heavy atom. The number of imidazole rings is 1. The zero-order valence-electron chi connectivity index (χ0n) is 15.2. The van der Waals surface area contributed by atoms with Crippen LogP contribution in [0.2, 0.25) is 0 Å². The molecule has 1 aliphatic carbocycles. The molecule has 0 radical (unpaired) electrons. The summed E-state index contributed by atoms with van der Waals surface area (Å²) >= 11 is 0. The first kappa shape index (κ1) is 17.7. The van der Waals surface area contributed by atoms with E-state index in [4.69, 9.17) is 0 Å². The van der Waals surface area contributed by atoms with Crippen molar-refractivity contribution in [1.29, 1.82) is 0 Å². The van der Waals surface area contributed by atoms with Gasteiger partial charge in [0.25, 0.3) is 5.91 Å². The SMILES string of the molecule is CCCNC(=O)c1cccc(CN[C@H]2CC[C@@H](c3nccn3C)C2)c1. The number of hydrogen-bond acceptors (Lipinski definition) is 3. The molecule has 5 nitrogen and oxygen atoms in total. The van der Waals surface area contributed by atoms with E-state index < -0.39 is 0 Å². The van der Waals surface area contributed by atoms with Crippen molar-refractivity contribution in [3.63, 3.8) is 0 Å². The number of carbonyl (C=O) groups is 1. The van der Waals surface area contributed by atoms with Crippen LogP contribution in [0.1, 0.15) is 60.3 Å². The Balaban J connectivity index is 1.52. The Kier molecular flexibility index (Phi) is 5.87. The van der Waals surface area contributed by atoms with E-state index in [1.807, 2.05) is 30.6 Å². The predicted octanol–water partition coefficient (Wildman–Crippen LogP) is 2.99. The van der Waals surface area contributed by atoms with Crippen LogP contribution in [0.5, 0.6) is 0 Å². The maximum Gasteiger partial charge on any atom is 0.251 e. The molecule has 5 heteroatoms. The lowest BCUT2D eigenvalue weighted by Gasteiger charge is -2.14. The number of amides is 1. The van der Waals surface area contributed by atoms with Crippen LogP contribution in [0.4, 0.5) is 0 Å². The van der Waals surface area contributed by atoms with Crippen molar-refractivity contribution in [2.45, 2.75) is 51.1 Å². The monoisotopic (exact) mass is 340 g/mol. The van der Waals surface area contributed by atoms with Crippen LogP contribution >= 0.6 is 0 Å². The maximum absolute atomic E-state index is 12.1. The molecule has 0 spiro atoms. The largest absolute Gasteiger partial charge is 0.352 e. The summed E-state index contributed by atoms with van der Waals surface area (Å²) < 4.78 is 2.13. The average molecular weight is 340 g/mol. The van der Waals surface area contributed by atoms with Crippen LogP contribution in [0.25, 0.3) is 0 Å². The van der Waals surface area contributed by atoms with E-state index in [9.17, 15) is 4.79 Å². The van der Waals surface area contributed by atoms with Crippen LogP contribution < -0.4 is 10.6 Å². The Morgan fingerprint density at radius 2 is 2.24 bits per heavy atom. The molecule has 2 atom stereocenters. The van der Waals surface area contributed by atoms with Crippen LogP contribution in [0.3, 0.4) is 0 Å². The van der Waals surface area contributed by atoms with Gasteiger partial charge in [-0.15, -0.1) is 0 Å². The number of aryl methyl sites for hydroxylation is 1. The number of rotatable bonds is 7. The number of aromatic nitrogens is 2. The Labute approximate surface area is 149 Å². The number of benzene rings is 1. The normalized spacial score (nSPS) is 19.9. The van der Waals surface area contributed by atoms with E-state index in [1.165, 1.54) is 18.7 Å². The van der Waals surface area contributed by atoms with Gasteiger partial charge in [0.15, 0.2) is 0 Å². The highest BCUT2D eigenvalue weighted by molar-refractivity contribution is 5.94. The fourth-order valence-electron chi connectivity index (χ4n) is 3.60. The van der Waals surface area contributed by atoms with Crippen LogP contribution in [-0.4, -0.2) is 28.0 Å².